The van der Waals surface area contributed by atoms with Crippen molar-refractivity contribution in [2.75, 3.05) is 11.9 Å². The van der Waals surface area contributed by atoms with Crippen LogP contribution in [0.25, 0.3) is 0 Å². The monoisotopic (exact) mass is 404 g/mol. The molecule has 148 valence electrons. The van der Waals surface area contributed by atoms with E-state index in [1.165, 1.54) is 42.7 Å². The molecule has 0 atom stereocenters. The van der Waals surface area contributed by atoms with Crippen LogP contribution in [-0.4, -0.2) is 26.9 Å². The van der Waals surface area contributed by atoms with Crippen LogP contribution in [0.4, 0.5) is 5.69 Å². The van der Waals surface area contributed by atoms with Crippen molar-refractivity contribution >= 4 is 27.6 Å². The van der Waals surface area contributed by atoms with Crippen LogP contribution in [0.3, 0.4) is 0 Å². The third-order valence-corrected chi connectivity index (χ3v) is 4.72. The molecule has 0 aliphatic heterocycles. The Hall–Kier alpha value is -3.17. The van der Waals surface area contributed by atoms with Gasteiger partial charge in [0.1, 0.15) is 5.76 Å². The minimum absolute atomic E-state index is 0.00259. The smallest absolute Gasteiger partial charge is 0.331 e. The topological polar surface area (TPSA) is 115 Å². The van der Waals surface area contributed by atoms with Crippen molar-refractivity contribution in [1.82, 2.24) is 4.72 Å². The quantitative estimate of drug-likeness (QED) is 0.377. The summed E-state index contributed by atoms with van der Waals surface area (Å²) >= 11 is 0. The van der Waals surface area contributed by atoms with Crippen LogP contribution in [0.1, 0.15) is 12.7 Å². The number of anilines is 1. The van der Waals surface area contributed by atoms with Gasteiger partial charge in [-0.05, 0) is 37.3 Å². The highest BCUT2D eigenvalue weighted by Crippen LogP contribution is 2.16. The number of nitrogens with one attached hydrogen (secondary N) is 2. The Labute approximate surface area is 162 Å². The number of benzene rings is 1. The molecule has 0 saturated carbocycles. The van der Waals surface area contributed by atoms with Crippen molar-refractivity contribution < 1.29 is 27.2 Å². The molecule has 0 aliphatic carbocycles. The standard InChI is InChI=1S/C19H20N2O6S/c1-2-3-4-10-19(23)27-14-18(22)21-15-7-5-9-17(12-15)28(24,25)20-13-16-8-6-11-26-16/h2-12,20H,13-14H2,1H3,(H,21,22)/b3-2+,10-4+. The van der Waals surface area contributed by atoms with Crippen molar-refractivity contribution in [3.63, 3.8) is 0 Å². The third-order valence-electron chi connectivity index (χ3n) is 3.33. The van der Waals surface area contributed by atoms with Gasteiger partial charge in [-0.2, -0.15) is 0 Å². The lowest BCUT2D eigenvalue weighted by Gasteiger charge is -2.09. The number of carbonyl (C=O) groups is 2. The third kappa shape index (κ3) is 6.86. The van der Waals surface area contributed by atoms with Gasteiger partial charge in [-0.3, -0.25) is 4.79 Å². The molecule has 0 unspecified atom stereocenters. The van der Waals surface area contributed by atoms with Crippen molar-refractivity contribution in [3.05, 3.63) is 72.7 Å². The Balaban J connectivity index is 1.92. The number of hydrogen-bond acceptors (Lipinski definition) is 6. The summed E-state index contributed by atoms with van der Waals surface area (Å²) in [7, 11) is -3.80. The molecule has 28 heavy (non-hydrogen) atoms. The number of carbonyl (C=O) groups excluding carboxylic acids is 2. The number of allylic oxidation sites excluding steroid dienone is 3. The SMILES string of the molecule is C/C=C/C=C/C(=O)OCC(=O)Nc1cccc(S(=O)(=O)NCc2ccco2)c1. The number of furan rings is 1. The summed E-state index contributed by atoms with van der Waals surface area (Å²) < 4.78 is 37.0. The van der Waals surface area contributed by atoms with Crippen molar-refractivity contribution in [2.24, 2.45) is 0 Å². The van der Waals surface area contributed by atoms with E-state index < -0.39 is 28.5 Å². The van der Waals surface area contributed by atoms with E-state index in [1.807, 2.05) is 0 Å². The number of amides is 1. The lowest BCUT2D eigenvalue weighted by atomic mass is 10.3. The molecule has 2 N–H and O–H groups in total. The molecule has 0 spiro atoms. The fourth-order valence-electron chi connectivity index (χ4n) is 2.03. The lowest BCUT2D eigenvalue weighted by molar-refractivity contribution is -0.142. The van der Waals surface area contributed by atoms with Gasteiger partial charge < -0.3 is 14.5 Å². The van der Waals surface area contributed by atoms with Crippen molar-refractivity contribution in [3.8, 4) is 0 Å². The number of ether oxygens (including phenoxy) is 1. The van der Waals surface area contributed by atoms with E-state index in [4.69, 9.17) is 9.15 Å². The van der Waals surface area contributed by atoms with E-state index in [9.17, 15) is 18.0 Å². The molecule has 8 nitrogen and oxygen atoms in total. The van der Waals surface area contributed by atoms with Gasteiger partial charge in [0.05, 0.1) is 17.7 Å². The summed E-state index contributed by atoms with van der Waals surface area (Å²) in [5, 5.41) is 2.48. The predicted molar refractivity (Wildman–Crippen MR) is 103 cm³/mol. The van der Waals surface area contributed by atoms with Crippen LogP contribution < -0.4 is 10.0 Å². The van der Waals surface area contributed by atoms with Gasteiger partial charge in [0, 0.05) is 11.8 Å². The van der Waals surface area contributed by atoms with E-state index in [2.05, 4.69) is 10.0 Å². The molecule has 2 aromatic rings. The van der Waals surface area contributed by atoms with Crippen molar-refractivity contribution in [1.29, 1.82) is 0 Å². The molecule has 9 heteroatoms. The van der Waals surface area contributed by atoms with Crippen LogP contribution in [0, 0.1) is 0 Å². The van der Waals surface area contributed by atoms with Crippen LogP contribution in [0.5, 0.6) is 0 Å². The Kier molecular flexibility index (Phi) is 7.73. The van der Waals surface area contributed by atoms with Gasteiger partial charge in [-0.15, -0.1) is 0 Å². The zero-order valence-electron chi connectivity index (χ0n) is 15.1. The van der Waals surface area contributed by atoms with Gasteiger partial charge in [0.15, 0.2) is 6.61 Å². The molecule has 0 fully saturated rings. The molecule has 0 bridgehead atoms. The maximum Gasteiger partial charge on any atom is 0.331 e. The summed E-state index contributed by atoms with van der Waals surface area (Å²) in [6, 6.07) is 9.01. The summed E-state index contributed by atoms with van der Waals surface area (Å²) in [6.07, 6.45) is 7.51. The van der Waals surface area contributed by atoms with E-state index in [0.29, 0.717) is 5.76 Å². The first kappa shape index (κ1) is 21.1. The average molecular weight is 404 g/mol. The maximum absolute atomic E-state index is 12.4. The first-order chi connectivity index (χ1) is 13.4. The zero-order valence-corrected chi connectivity index (χ0v) is 15.9. The second kappa shape index (κ2) is 10.2. The van der Waals surface area contributed by atoms with Gasteiger partial charge in [0.25, 0.3) is 5.91 Å². The van der Waals surface area contributed by atoms with E-state index in [0.717, 1.165) is 0 Å². The second-order valence-corrected chi connectivity index (χ2v) is 7.24. The first-order valence-corrected chi connectivity index (χ1v) is 9.77. The highest BCUT2D eigenvalue weighted by molar-refractivity contribution is 7.89. The molecule has 1 heterocycles. The van der Waals surface area contributed by atoms with Crippen LogP contribution >= 0.6 is 0 Å². The molecule has 1 aromatic heterocycles. The van der Waals surface area contributed by atoms with E-state index in [1.54, 1.807) is 31.2 Å². The average Bonchev–Trinajstić information content (AvgIpc) is 3.19. The Bertz CT molecular complexity index is 962. The number of hydrogen-bond donors (Lipinski definition) is 2. The number of rotatable bonds is 9. The van der Waals surface area contributed by atoms with Gasteiger partial charge in [-0.1, -0.05) is 24.3 Å². The Morgan fingerprint density at radius 2 is 2.00 bits per heavy atom. The highest BCUT2D eigenvalue weighted by atomic mass is 32.2. The fourth-order valence-corrected chi connectivity index (χ4v) is 3.07. The summed E-state index contributed by atoms with van der Waals surface area (Å²) in [4.78, 5) is 23.3. The maximum atomic E-state index is 12.4. The molecule has 1 aromatic carbocycles. The lowest BCUT2D eigenvalue weighted by Crippen LogP contribution is -2.23. The minimum Gasteiger partial charge on any atom is -0.468 e. The van der Waals surface area contributed by atoms with E-state index in [-0.39, 0.29) is 17.1 Å². The molecule has 0 radical (unpaired) electrons. The Morgan fingerprint density at radius 1 is 1.18 bits per heavy atom. The Morgan fingerprint density at radius 3 is 2.71 bits per heavy atom. The number of esters is 1. The largest absolute Gasteiger partial charge is 0.468 e. The summed E-state index contributed by atoms with van der Waals surface area (Å²) in [5.41, 5.74) is 0.256. The van der Waals surface area contributed by atoms with Crippen LogP contribution in [0.15, 0.2) is 76.3 Å². The minimum atomic E-state index is -3.80. The molecule has 0 aliphatic rings. The first-order valence-electron chi connectivity index (χ1n) is 8.29. The predicted octanol–water partition coefficient (Wildman–Crippen LogP) is 2.37. The summed E-state index contributed by atoms with van der Waals surface area (Å²) in [5.74, 6) is -0.782. The van der Waals surface area contributed by atoms with Gasteiger partial charge in [0.2, 0.25) is 10.0 Å². The molecular formula is C19H20N2O6S. The molecular weight excluding hydrogens is 384 g/mol. The second-order valence-electron chi connectivity index (χ2n) is 5.47. The zero-order chi connectivity index (χ0) is 20.4. The highest BCUT2D eigenvalue weighted by Gasteiger charge is 2.15. The van der Waals surface area contributed by atoms with Gasteiger partial charge >= 0.3 is 5.97 Å². The fraction of sp³-hybridized carbons (Fsp3) is 0.158. The van der Waals surface area contributed by atoms with Crippen LogP contribution in [-0.2, 0) is 30.9 Å². The molecule has 2 rings (SSSR count). The van der Waals surface area contributed by atoms with Crippen LogP contribution in [0.2, 0.25) is 0 Å². The number of sulfonamides is 1. The summed E-state index contributed by atoms with van der Waals surface area (Å²) in [6.45, 7) is 1.30. The molecule has 1 amide bonds. The van der Waals surface area contributed by atoms with E-state index >= 15 is 0 Å². The van der Waals surface area contributed by atoms with Crippen molar-refractivity contribution in [2.45, 2.75) is 18.4 Å². The normalized spacial score (nSPS) is 11.8. The van der Waals surface area contributed by atoms with Gasteiger partial charge in [-0.25, -0.2) is 17.9 Å². The molecule has 0 saturated heterocycles.